The van der Waals surface area contributed by atoms with Gasteiger partial charge < -0.3 is 20.6 Å². The Morgan fingerprint density at radius 1 is 1.26 bits per heavy atom. The van der Waals surface area contributed by atoms with Crippen LogP contribution in [0.1, 0.15) is 17.7 Å². The summed E-state index contributed by atoms with van der Waals surface area (Å²) in [6.07, 6.45) is 5.10. The van der Waals surface area contributed by atoms with Crippen LogP contribution < -0.4 is 16.6 Å². The number of fused-ring (bicyclic) bond motifs is 3. The van der Waals surface area contributed by atoms with Crippen LogP contribution in [-0.4, -0.2) is 45.1 Å². The molecule has 9 heteroatoms. The zero-order valence-corrected chi connectivity index (χ0v) is 20.5. The first-order chi connectivity index (χ1) is 16.3. The molecule has 4 aromatic rings. The SMILES string of the molecule is Cc1c(C=CCN2CCC(N)C2)[nH]c(=O)c2c1ccc1nc(Nc3c(Cl)cccc3Cl)n(C)c12. The van der Waals surface area contributed by atoms with E-state index in [-0.39, 0.29) is 11.6 Å². The van der Waals surface area contributed by atoms with Crippen molar-refractivity contribution >= 4 is 62.7 Å². The second-order valence-corrected chi connectivity index (χ2v) is 9.59. The molecule has 176 valence electrons. The third kappa shape index (κ3) is 4.09. The highest BCUT2D eigenvalue weighted by atomic mass is 35.5. The molecule has 1 unspecified atom stereocenters. The summed E-state index contributed by atoms with van der Waals surface area (Å²) in [5.41, 5.74) is 9.69. The van der Waals surface area contributed by atoms with Crippen molar-refractivity contribution in [3.05, 3.63) is 68.1 Å². The van der Waals surface area contributed by atoms with E-state index in [4.69, 9.17) is 28.9 Å². The Labute approximate surface area is 207 Å². The Bertz CT molecular complexity index is 1470. The Morgan fingerprint density at radius 3 is 2.74 bits per heavy atom. The van der Waals surface area contributed by atoms with E-state index in [1.165, 1.54) is 0 Å². The van der Waals surface area contributed by atoms with E-state index >= 15 is 0 Å². The molecular formula is C25H26Cl2N6O. The van der Waals surface area contributed by atoms with Crippen molar-refractivity contribution in [2.24, 2.45) is 12.8 Å². The number of aromatic nitrogens is 3. The number of aryl methyl sites for hydroxylation is 2. The lowest BCUT2D eigenvalue weighted by molar-refractivity contribution is 0.372. The lowest BCUT2D eigenvalue weighted by Gasteiger charge is -2.12. The van der Waals surface area contributed by atoms with Gasteiger partial charge in [-0.15, -0.1) is 0 Å². The zero-order valence-electron chi connectivity index (χ0n) is 19.0. The minimum atomic E-state index is -0.153. The van der Waals surface area contributed by atoms with Crippen molar-refractivity contribution in [3.8, 4) is 0 Å². The Morgan fingerprint density at radius 2 is 2.03 bits per heavy atom. The van der Waals surface area contributed by atoms with Gasteiger partial charge in [-0.05, 0) is 48.6 Å². The number of nitrogens with one attached hydrogen (secondary N) is 2. The number of hydrogen-bond acceptors (Lipinski definition) is 5. The number of likely N-dealkylation sites (tertiary alicyclic amines) is 1. The number of halogens is 2. The first-order valence-electron chi connectivity index (χ1n) is 11.2. The topological polar surface area (TPSA) is 92.0 Å². The van der Waals surface area contributed by atoms with Gasteiger partial charge in [-0.3, -0.25) is 9.69 Å². The van der Waals surface area contributed by atoms with Gasteiger partial charge in [0.25, 0.3) is 5.56 Å². The maximum Gasteiger partial charge on any atom is 0.258 e. The summed E-state index contributed by atoms with van der Waals surface area (Å²) in [6, 6.07) is 9.45. The molecule has 0 aliphatic carbocycles. The average molecular weight is 497 g/mol. The number of aromatic amines is 1. The Hall–Kier alpha value is -2.84. The summed E-state index contributed by atoms with van der Waals surface area (Å²) in [4.78, 5) is 23.3. The van der Waals surface area contributed by atoms with Gasteiger partial charge in [0.1, 0.15) is 0 Å². The molecule has 1 atom stereocenters. The standard InChI is InChI=1S/C25H26Cl2N6O/c1-14-16-8-9-20-23(32(2)25(30-20)31-22-17(26)5-3-6-18(22)27)21(16)24(34)29-19(14)7-4-11-33-12-10-15(28)13-33/h3-9,15H,10-13,28H2,1-2H3,(H,29,34)(H,30,31). The number of benzene rings is 2. The molecule has 3 heterocycles. The fourth-order valence-electron chi connectivity index (χ4n) is 4.63. The van der Waals surface area contributed by atoms with Crippen LogP contribution in [0.2, 0.25) is 10.0 Å². The van der Waals surface area contributed by atoms with Gasteiger partial charge in [-0.1, -0.05) is 41.4 Å². The van der Waals surface area contributed by atoms with Gasteiger partial charge in [0.15, 0.2) is 0 Å². The van der Waals surface area contributed by atoms with E-state index in [2.05, 4.69) is 26.3 Å². The fraction of sp³-hybridized carbons (Fsp3) is 0.280. The molecule has 0 bridgehead atoms. The number of nitrogens with zero attached hydrogens (tertiary/aromatic N) is 3. The van der Waals surface area contributed by atoms with Crippen LogP contribution in [0.3, 0.4) is 0 Å². The Kier molecular flexibility index (Phi) is 6.12. The molecule has 2 aromatic heterocycles. The van der Waals surface area contributed by atoms with Crippen molar-refractivity contribution in [3.63, 3.8) is 0 Å². The molecular weight excluding hydrogens is 471 g/mol. The summed E-state index contributed by atoms with van der Waals surface area (Å²) >= 11 is 12.6. The highest BCUT2D eigenvalue weighted by molar-refractivity contribution is 6.39. The molecule has 0 amide bonds. The van der Waals surface area contributed by atoms with E-state index < -0.39 is 0 Å². The van der Waals surface area contributed by atoms with Crippen LogP contribution in [-0.2, 0) is 7.05 Å². The fourth-order valence-corrected chi connectivity index (χ4v) is 5.12. The molecule has 1 aliphatic rings. The summed E-state index contributed by atoms with van der Waals surface area (Å²) in [6.45, 7) is 4.75. The Balaban J connectivity index is 1.54. The van der Waals surface area contributed by atoms with E-state index in [0.29, 0.717) is 32.6 Å². The largest absolute Gasteiger partial charge is 0.326 e. The quantitative estimate of drug-likeness (QED) is 0.368. The van der Waals surface area contributed by atoms with Crippen molar-refractivity contribution in [2.75, 3.05) is 25.0 Å². The number of nitrogens with two attached hydrogens (primary N) is 1. The molecule has 1 saturated heterocycles. The van der Waals surface area contributed by atoms with E-state index in [1.54, 1.807) is 18.2 Å². The van der Waals surface area contributed by atoms with Gasteiger partial charge in [-0.25, -0.2) is 4.98 Å². The van der Waals surface area contributed by atoms with Crippen molar-refractivity contribution in [1.82, 2.24) is 19.4 Å². The van der Waals surface area contributed by atoms with Gasteiger partial charge in [-0.2, -0.15) is 0 Å². The normalized spacial score (nSPS) is 16.9. The predicted molar refractivity (Wildman–Crippen MR) is 141 cm³/mol. The first-order valence-corrected chi connectivity index (χ1v) is 12.0. The van der Waals surface area contributed by atoms with E-state index in [0.717, 1.165) is 48.2 Å². The number of para-hydroxylation sites is 1. The van der Waals surface area contributed by atoms with E-state index in [9.17, 15) is 4.79 Å². The van der Waals surface area contributed by atoms with Gasteiger partial charge >= 0.3 is 0 Å². The second kappa shape index (κ2) is 9.07. The minimum Gasteiger partial charge on any atom is -0.326 e. The molecule has 1 fully saturated rings. The average Bonchev–Trinajstić information content (AvgIpc) is 3.36. The van der Waals surface area contributed by atoms with Gasteiger partial charge in [0.2, 0.25) is 5.95 Å². The van der Waals surface area contributed by atoms with Crippen LogP contribution in [0.4, 0.5) is 11.6 Å². The number of hydrogen-bond donors (Lipinski definition) is 3. The molecule has 0 saturated carbocycles. The summed E-state index contributed by atoms with van der Waals surface area (Å²) < 4.78 is 1.86. The molecule has 0 spiro atoms. The minimum absolute atomic E-state index is 0.153. The van der Waals surface area contributed by atoms with Crippen LogP contribution in [0, 0.1) is 6.92 Å². The monoisotopic (exact) mass is 496 g/mol. The lowest BCUT2D eigenvalue weighted by Crippen LogP contribution is -2.26. The number of anilines is 2. The molecule has 7 nitrogen and oxygen atoms in total. The highest BCUT2D eigenvalue weighted by Gasteiger charge is 2.19. The predicted octanol–water partition coefficient (Wildman–Crippen LogP) is 4.82. The number of H-pyrrole nitrogens is 1. The number of rotatable bonds is 5. The molecule has 0 radical (unpaired) electrons. The van der Waals surface area contributed by atoms with Crippen molar-refractivity contribution in [1.29, 1.82) is 0 Å². The summed E-state index contributed by atoms with van der Waals surface area (Å²) in [7, 11) is 1.87. The molecule has 2 aromatic carbocycles. The summed E-state index contributed by atoms with van der Waals surface area (Å²) in [5.74, 6) is 0.544. The highest BCUT2D eigenvalue weighted by Crippen LogP contribution is 2.34. The maximum atomic E-state index is 13.2. The molecule has 34 heavy (non-hydrogen) atoms. The van der Waals surface area contributed by atoms with Crippen LogP contribution in [0.5, 0.6) is 0 Å². The smallest absolute Gasteiger partial charge is 0.258 e. The maximum absolute atomic E-state index is 13.2. The second-order valence-electron chi connectivity index (χ2n) is 8.78. The lowest BCUT2D eigenvalue weighted by atomic mass is 10.0. The van der Waals surface area contributed by atoms with Crippen LogP contribution >= 0.6 is 23.2 Å². The third-order valence-electron chi connectivity index (χ3n) is 6.48. The van der Waals surface area contributed by atoms with Crippen molar-refractivity contribution in [2.45, 2.75) is 19.4 Å². The van der Waals surface area contributed by atoms with Crippen molar-refractivity contribution < 1.29 is 0 Å². The first kappa shape index (κ1) is 22.9. The number of imidazole rings is 1. The molecule has 1 aliphatic heterocycles. The van der Waals surface area contributed by atoms with Gasteiger partial charge in [0.05, 0.1) is 32.2 Å². The van der Waals surface area contributed by atoms with Gasteiger partial charge in [0, 0.05) is 38.4 Å². The summed E-state index contributed by atoms with van der Waals surface area (Å²) in [5, 5.41) is 5.70. The molecule has 4 N–H and O–H groups in total. The van der Waals surface area contributed by atoms with Crippen LogP contribution in [0.25, 0.3) is 27.9 Å². The third-order valence-corrected chi connectivity index (χ3v) is 7.11. The van der Waals surface area contributed by atoms with Crippen LogP contribution in [0.15, 0.2) is 41.2 Å². The molecule has 5 rings (SSSR count). The zero-order chi connectivity index (χ0) is 24.0. The van der Waals surface area contributed by atoms with E-state index in [1.807, 2.05) is 36.7 Å². The number of pyridine rings is 1.